The van der Waals surface area contributed by atoms with Crippen molar-refractivity contribution >= 4 is 5.91 Å². The number of hydrogen-bond acceptors (Lipinski definition) is 3. The first-order valence-electron chi connectivity index (χ1n) is 7.98. The molecule has 0 aromatic carbocycles. The number of likely N-dealkylation sites (tertiary alicyclic amines) is 1. The molecule has 21 heavy (non-hydrogen) atoms. The lowest BCUT2D eigenvalue weighted by molar-refractivity contribution is -0.132. The second-order valence-corrected chi connectivity index (χ2v) is 6.35. The van der Waals surface area contributed by atoms with Crippen LogP contribution in [0.25, 0.3) is 0 Å². The third-order valence-corrected chi connectivity index (χ3v) is 4.12. The molecule has 1 unspecified atom stereocenters. The van der Waals surface area contributed by atoms with E-state index in [0.717, 1.165) is 37.3 Å². The second kappa shape index (κ2) is 7.55. The Morgan fingerprint density at radius 2 is 2.33 bits per heavy atom. The van der Waals surface area contributed by atoms with E-state index in [9.17, 15) is 4.79 Å². The molecule has 1 atom stereocenters. The number of aromatic nitrogens is 1. The van der Waals surface area contributed by atoms with Crippen molar-refractivity contribution in [1.82, 2.24) is 15.2 Å². The van der Waals surface area contributed by atoms with E-state index >= 15 is 0 Å². The Hall–Kier alpha value is -1.42. The Morgan fingerprint density at radius 1 is 1.52 bits per heavy atom. The van der Waals surface area contributed by atoms with Gasteiger partial charge in [-0.15, -0.1) is 0 Å². The minimum Gasteiger partial charge on any atom is -0.342 e. The van der Waals surface area contributed by atoms with Crippen LogP contribution >= 0.6 is 0 Å². The molecule has 1 fully saturated rings. The van der Waals surface area contributed by atoms with Crippen LogP contribution in [0.2, 0.25) is 0 Å². The third-order valence-electron chi connectivity index (χ3n) is 4.12. The summed E-state index contributed by atoms with van der Waals surface area (Å²) in [6.07, 6.45) is 4.52. The quantitative estimate of drug-likeness (QED) is 0.903. The average molecular weight is 289 g/mol. The van der Waals surface area contributed by atoms with Crippen LogP contribution in [0.1, 0.15) is 37.9 Å². The van der Waals surface area contributed by atoms with Crippen LogP contribution in [0, 0.1) is 12.8 Å². The molecule has 116 valence electrons. The zero-order chi connectivity index (χ0) is 15.2. The van der Waals surface area contributed by atoms with Crippen molar-refractivity contribution in [3.8, 4) is 0 Å². The van der Waals surface area contributed by atoms with Gasteiger partial charge in [-0.25, -0.2) is 0 Å². The van der Waals surface area contributed by atoms with E-state index in [1.54, 1.807) is 6.20 Å². The molecular formula is C17H27N3O. The maximum atomic E-state index is 12.5. The summed E-state index contributed by atoms with van der Waals surface area (Å²) in [6, 6.07) is 4.44. The highest BCUT2D eigenvalue weighted by atomic mass is 16.2. The average Bonchev–Trinajstić information content (AvgIpc) is 2.48. The van der Waals surface area contributed by atoms with Gasteiger partial charge in [-0.1, -0.05) is 19.9 Å². The molecule has 0 bridgehead atoms. The highest BCUT2D eigenvalue weighted by Crippen LogP contribution is 2.17. The van der Waals surface area contributed by atoms with Crippen LogP contribution in [-0.2, 0) is 11.2 Å². The van der Waals surface area contributed by atoms with Gasteiger partial charge in [0.2, 0.25) is 5.91 Å². The summed E-state index contributed by atoms with van der Waals surface area (Å²) < 4.78 is 0. The summed E-state index contributed by atoms with van der Waals surface area (Å²) in [5.74, 6) is 0.793. The highest BCUT2D eigenvalue weighted by molar-refractivity contribution is 5.78. The Labute approximate surface area is 127 Å². The number of rotatable bonds is 5. The number of carbonyl (C=O) groups excluding carboxylic acids is 1. The zero-order valence-corrected chi connectivity index (χ0v) is 13.4. The minimum absolute atomic E-state index is 0.214. The lowest BCUT2D eigenvalue weighted by atomic mass is 9.97. The van der Waals surface area contributed by atoms with Gasteiger partial charge in [0, 0.05) is 25.3 Å². The maximum absolute atomic E-state index is 12.5. The lowest BCUT2D eigenvalue weighted by Crippen LogP contribution is -2.44. The van der Waals surface area contributed by atoms with E-state index in [-0.39, 0.29) is 5.91 Å². The third kappa shape index (κ3) is 4.81. The number of nitrogens with zero attached hydrogens (tertiary/aromatic N) is 2. The van der Waals surface area contributed by atoms with Gasteiger partial charge >= 0.3 is 0 Å². The van der Waals surface area contributed by atoms with Crippen molar-refractivity contribution < 1.29 is 4.79 Å². The standard InChI is InChI=1S/C17H27N3O/c1-13(2)19-11-15-7-5-9-20(12-15)17(21)10-16-14(3)6-4-8-18-16/h4,6,8,13,15,19H,5,7,9-12H2,1-3H3. The number of hydrogen-bond donors (Lipinski definition) is 1. The van der Waals surface area contributed by atoms with E-state index in [1.165, 1.54) is 6.42 Å². The van der Waals surface area contributed by atoms with Crippen LogP contribution in [0.15, 0.2) is 18.3 Å². The van der Waals surface area contributed by atoms with E-state index < -0.39 is 0 Å². The molecule has 1 amide bonds. The highest BCUT2D eigenvalue weighted by Gasteiger charge is 2.24. The first kappa shape index (κ1) is 16.0. The van der Waals surface area contributed by atoms with Gasteiger partial charge in [0.05, 0.1) is 12.1 Å². The van der Waals surface area contributed by atoms with Crippen LogP contribution in [0.3, 0.4) is 0 Å². The van der Waals surface area contributed by atoms with Crippen LogP contribution in [-0.4, -0.2) is 41.5 Å². The van der Waals surface area contributed by atoms with Gasteiger partial charge in [-0.05, 0) is 43.9 Å². The lowest BCUT2D eigenvalue weighted by Gasteiger charge is -2.33. The SMILES string of the molecule is Cc1cccnc1CC(=O)N1CCCC(CNC(C)C)C1. The van der Waals surface area contributed by atoms with Crippen LogP contribution in [0.5, 0.6) is 0 Å². The fourth-order valence-electron chi connectivity index (χ4n) is 2.82. The Kier molecular flexibility index (Phi) is 5.74. The summed E-state index contributed by atoms with van der Waals surface area (Å²) >= 11 is 0. The molecule has 0 saturated carbocycles. The molecule has 2 heterocycles. The predicted octanol–water partition coefficient (Wildman–Crippen LogP) is 2.17. The molecular weight excluding hydrogens is 262 g/mol. The molecule has 0 radical (unpaired) electrons. The van der Waals surface area contributed by atoms with E-state index in [4.69, 9.17) is 0 Å². The first-order chi connectivity index (χ1) is 10.1. The largest absolute Gasteiger partial charge is 0.342 e. The Morgan fingerprint density at radius 3 is 3.05 bits per heavy atom. The van der Waals surface area contributed by atoms with Gasteiger partial charge in [-0.3, -0.25) is 9.78 Å². The fourth-order valence-corrected chi connectivity index (χ4v) is 2.82. The summed E-state index contributed by atoms with van der Waals surface area (Å²) in [5, 5.41) is 3.48. The molecule has 1 aromatic heterocycles. The van der Waals surface area contributed by atoms with Crippen molar-refractivity contribution in [2.75, 3.05) is 19.6 Å². The monoisotopic (exact) mass is 289 g/mol. The number of amides is 1. The molecule has 4 heteroatoms. The number of piperidine rings is 1. The maximum Gasteiger partial charge on any atom is 0.228 e. The van der Waals surface area contributed by atoms with Crippen molar-refractivity contribution in [3.05, 3.63) is 29.6 Å². The smallest absolute Gasteiger partial charge is 0.228 e. The Bertz CT molecular complexity index is 473. The van der Waals surface area contributed by atoms with Gasteiger partial charge in [0.25, 0.3) is 0 Å². The number of nitrogens with one attached hydrogen (secondary N) is 1. The zero-order valence-electron chi connectivity index (χ0n) is 13.4. The molecule has 1 aliphatic rings. The van der Waals surface area contributed by atoms with Crippen molar-refractivity contribution in [1.29, 1.82) is 0 Å². The molecule has 2 rings (SSSR count). The van der Waals surface area contributed by atoms with Crippen LogP contribution in [0.4, 0.5) is 0 Å². The number of carbonyl (C=O) groups is 1. The summed E-state index contributed by atoms with van der Waals surface area (Å²) in [5.41, 5.74) is 2.01. The minimum atomic E-state index is 0.214. The molecule has 4 nitrogen and oxygen atoms in total. The fraction of sp³-hybridized carbons (Fsp3) is 0.647. The van der Waals surface area contributed by atoms with Crippen molar-refractivity contribution in [3.63, 3.8) is 0 Å². The molecule has 0 aliphatic carbocycles. The topological polar surface area (TPSA) is 45.2 Å². The molecule has 1 N–H and O–H groups in total. The molecule has 1 aromatic rings. The second-order valence-electron chi connectivity index (χ2n) is 6.35. The predicted molar refractivity (Wildman–Crippen MR) is 85.1 cm³/mol. The first-order valence-corrected chi connectivity index (χ1v) is 7.98. The van der Waals surface area contributed by atoms with E-state index in [1.807, 2.05) is 24.0 Å². The summed E-state index contributed by atoms with van der Waals surface area (Å²) in [4.78, 5) is 18.8. The van der Waals surface area contributed by atoms with Crippen LogP contribution < -0.4 is 5.32 Å². The van der Waals surface area contributed by atoms with E-state index in [0.29, 0.717) is 18.4 Å². The van der Waals surface area contributed by atoms with Crippen molar-refractivity contribution in [2.24, 2.45) is 5.92 Å². The molecule has 0 spiro atoms. The number of pyridine rings is 1. The Balaban J connectivity index is 1.88. The summed E-state index contributed by atoms with van der Waals surface area (Å²) in [7, 11) is 0. The summed E-state index contributed by atoms with van der Waals surface area (Å²) in [6.45, 7) is 9.11. The molecule has 1 saturated heterocycles. The van der Waals surface area contributed by atoms with Gasteiger partial charge in [0.15, 0.2) is 0 Å². The molecule has 1 aliphatic heterocycles. The van der Waals surface area contributed by atoms with Gasteiger partial charge in [0.1, 0.15) is 0 Å². The number of aryl methyl sites for hydroxylation is 1. The van der Waals surface area contributed by atoms with E-state index in [2.05, 4.69) is 24.1 Å². The van der Waals surface area contributed by atoms with Crippen molar-refractivity contribution in [2.45, 2.75) is 46.1 Å². The van der Waals surface area contributed by atoms with Gasteiger partial charge in [-0.2, -0.15) is 0 Å². The van der Waals surface area contributed by atoms with Gasteiger partial charge < -0.3 is 10.2 Å². The normalized spacial score (nSPS) is 19.0.